The average Bonchev–Trinajstić information content (AvgIpc) is 3.05. The minimum absolute atomic E-state index is 0.396. The van der Waals surface area contributed by atoms with Gasteiger partial charge in [-0.25, -0.2) is 4.68 Å². The number of nitrogen functional groups attached to an aromatic ring is 1. The van der Waals surface area contributed by atoms with Crippen LogP contribution in [0.4, 0.5) is 11.6 Å². The molecule has 0 spiro atoms. The Morgan fingerprint density at radius 1 is 1.30 bits per heavy atom. The van der Waals surface area contributed by atoms with Crippen molar-refractivity contribution in [2.24, 2.45) is 0 Å². The molecule has 2 heterocycles. The van der Waals surface area contributed by atoms with E-state index in [0.29, 0.717) is 17.2 Å². The third kappa shape index (κ3) is 2.14. The van der Waals surface area contributed by atoms with E-state index < -0.39 is 0 Å². The van der Waals surface area contributed by atoms with Crippen LogP contribution in [0.1, 0.15) is 18.4 Å². The average molecular weight is 332 g/mol. The van der Waals surface area contributed by atoms with E-state index in [1.165, 1.54) is 0 Å². The molecule has 0 unspecified atom stereocenters. The van der Waals surface area contributed by atoms with Crippen molar-refractivity contribution in [3.8, 4) is 11.8 Å². The van der Waals surface area contributed by atoms with Crippen LogP contribution in [0.25, 0.3) is 5.69 Å². The highest BCUT2D eigenvalue weighted by Crippen LogP contribution is 2.29. The number of nitrogens with zero attached hydrogens (tertiary/aromatic N) is 4. The van der Waals surface area contributed by atoms with E-state index in [2.05, 4.69) is 32.0 Å². The van der Waals surface area contributed by atoms with Crippen LogP contribution in [-0.4, -0.2) is 22.9 Å². The van der Waals surface area contributed by atoms with Crippen molar-refractivity contribution >= 4 is 27.6 Å². The summed E-state index contributed by atoms with van der Waals surface area (Å²) < 4.78 is 2.59. The molecule has 20 heavy (non-hydrogen) atoms. The van der Waals surface area contributed by atoms with Crippen LogP contribution >= 0.6 is 15.9 Å². The number of hydrogen-bond donors (Lipinski definition) is 1. The maximum atomic E-state index is 9.36. The standard InChI is InChI=1S/C14H14BrN5/c15-10-4-3-5-11(8-10)20-13(17)12(9-16)14(18-20)19-6-1-2-7-19/h3-5,8H,1-2,6-7,17H2. The molecule has 3 rings (SSSR count). The number of nitriles is 1. The van der Waals surface area contributed by atoms with Crippen molar-refractivity contribution in [1.29, 1.82) is 5.26 Å². The van der Waals surface area contributed by atoms with Gasteiger partial charge in [0.2, 0.25) is 0 Å². The molecule has 102 valence electrons. The normalized spacial score (nSPS) is 14.5. The molecule has 1 aromatic heterocycles. The van der Waals surface area contributed by atoms with Crippen LogP contribution < -0.4 is 10.6 Å². The predicted molar refractivity (Wildman–Crippen MR) is 81.8 cm³/mol. The van der Waals surface area contributed by atoms with Crippen LogP contribution in [0.15, 0.2) is 28.7 Å². The summed E-state index contributed by atoms with van der Waals surface area (Å²) in [7, 11) is 0. The monoisotopic (exact) mass is 331 g/mol. The van der Waals surface area contributed by atoms with Crippen molar-refractivity contribution in [3.05, 3.63) is 34.3 Å². The lowest BCUT2D eigenvalue weighted by Crippen LogP contribution is -2.19. The fourth-order valence-electron chi connectivity index (χ4n) is 2.48. The van der Waals surface area contributed by atoms with Gasteiger partial charge in [-0.15, -0.1) is 5.10 Å². The maximum absolute atomic E-state index is 9.36. The summed E-state index contributed by atoms with van der Waals surface area (Å²) in [6.45, 7) is 1.87. The van der Waals surface area contributed by atoms with Gasteiger partial charge < -0.3 is 10.6 Å². The molecular formula is C14H14BrN5. The molecule has 2 aromatic rings. The van der Waals surface area contributed by atoms with Gasteiger partial charge in [-0.3, -0.25) is 0 Å². The van der Waals surface area contributed by atoms with Crippen molar-refractivity contribution in [2.45, 2.75) is 12.8 Å². The summed E-state index contributed by atoms with van der Waals surface area (Å²) in [5.41, 5.74) is 7.41. The summed E-state index contributed by atoms with van der Waals surface area (Å²) in [6.07, 6.45) is 2.27. The Bertz CT molecular complexity index is 679. The lowest BCUT2D eigenvalue weighted by Gasteiger charge is -2.13. The fraction of sp³-hybridized carbons (Fsp3) is 0.286. The Morgan fingerprint density at radius 3 is 2.70 bits per heavy atom. The van der Waals surface area contributed by atoms with E-state index in [4.69, 9.17) is 5.73 Å². The summed E-state index contributed by atoms with van der Waals surface area (Å²) in [6, 6.07) is 9.89. The van der Waals surface area contributed by atoms with E-state index >= 15 is 0 Å². The lowest BCUT2D eigenvalue weighted by atomic mass is 10.3. The SMILES string of the molecule is N#Cc1c(N2CCCC2)nn(-c2cccc(Br)c2)c1N. The van der Waals surface area contributed by atoms with Crippen molar-refractivity contribution < 1.29 is 0 Å². The number of halogens is 1. The fourth-order valence-corrected chi connectivity index (χ4v) is 2.87. The Labute approximate surface area is 125 Å². The first-order valence-electron chi connectivity index (χ1n) is 6.50. The quantitative estimate of drug-likeness (QED) is 0.918. The van der Waals surface area contributed by atoms with Gasteiger partial charge in [0.1, 0.15) is 17.5 Å². The van der Waals surface area contributed by atoms with Crippen molar-refractivity contribution in [1.82, 2.24) is 9.78 Å². The molecule has 1 aromatic carbocycles. The summed E-state index contributed by atoms with van der Waals surface area (Å²) in [5, 5.41) is 13.9. The number of rotatable bonds is 2. The molecular weight excluding hydrogens is 318 g/mol. The minimum Gasteiger partial charge on any atom is -0.382 e. The number of hydrogen-bond acceptors (Lipinski definition) is 4. The second-order valence-electron chi connectivity index (χ2n) is 4.78. The van der Waals surface area contributed by atoms with Gasteiger partial charge in [0.05, 0.1) is 5.69 Å². The zero-order valence-electron chi connectivity index (χ0n) is 10.9. The highest BCUT2D eigenvalue weighted by molar-refractivity contribution is 9.10. The number of aromatic nitrogens is 2. The van der Waals surface area contributed by atoms with Crippen molar-refractivity contribution in [3.63, 3.8) is 0 Å². The smallest absolute Gasteiger partial charge is 0.171 e. The van der Waals surface area contributed by atoms with E-state index in [-0.39, 0.29) is 0 Å². The molecule has 0 atom stereocenters. The molecule has 1 saturated heterocycles. The van der Waals surface area contributed by atoms with Gasteiger partial charge >= 0.3 is 0 Å². The molecule has 0 amide bonds. The van der Waals surface area contributed by atoms with Crippen LogP contribution in [0, 0.1) is 11.3 Å². The summed E-state index contributed by atoms with van der Waals surface area (Å²) in [5.74, 6) is 1.09. The van der Waals surface area contributed by atoms with E-state index in [0.717, 1.165) is 36.1 Å². The summed E-state index contributed by atoms with van der Waals surface area (Å²) >= 11 is 3.44. The molecule has 1 aliphatic rings. The van der Waals surface area contributed by atoms with E-state index in [1.54, 1.807) is 4.68 Å². The number of nitrogens with two attached hydrogens (primary N) is 1. The zero-order chi connectivity index (χ0) is 14.1. The first kappa shape index (κ1) is 13.0. The molecule has 1 fully saturated rings. The van der Waals surface area contributed by atoms with Gasteiger partial charge in [0.25, 0.3) is 0 Å². The van der Waals surface area contributed by atoms with Gasteiger partial charge in [0, 0.05) is 17.6 Å². The topological polar surface area (TPSA) is 70.9 Å². The third-order valence-electron chi connectivity index (χ3n) is 3.47. The van der Waals surface area contributed by atoms with Gasteiger partial charge in [-0.05, 0) is 31.0 Å². The van der Waals surface area contributed by atoms with E-state index in [9.17, 15) is 5.26 Å². The Morgan fingerprint density at radius 2 is 2.05 bits per heavy atom. The van der Waals surface area contributed by atoms with Crippen LogP contribution in [0.2, 0.25) is 0 Å². The van der Waals surface area contributed by atoms with Crippen LogP contribution in [-0.2, 0) is 0 Å². The highest BCUT2D eigenvalue weighted by atomic mass is 79.9. The number of benzene rings is 1. The molecule has 0 bridgehead atoms. The first-order valence-corrected chi connectivity index (χ1v) is 7.29. The Hall–Kier alpha value is -2.00. The molecule has 0 saturated carbocycles. The maximum Gasteiger partial charge on any atom is 0.171 e. The molecule has 1 aliphatic heterocycles. The molecule has 5 nitrogen and oxygen atoms in total. The molecule has 6 heteroatoms. The van der Waals surface area contributed by atoms with Gasteiger partial charge in [0.15, 0.2) is 5.82 Å². The predicted octanol–water partition coefficient (Wildman–Crippen LogP) is 2.69. The Balaban J connectivity index is 2.11. The highest BCUT2D eigenvalue weighted by Gasteiger charge is 2.23. The lowest BCUT2D eigenvalue weighted by molar-refractivity contribution is 0.849. The second kappa shape index (κ2) is 5.17. The zero-order valence-corrected chi connectivity index (χ0v) is 12.5. The van der Waals surface area contributed by atoms with Crippen molar-refractivity contribution in [2.75, 3.05) is 23.7 Å². The van der Waals surface area contributed by atoms with Crippen LogP contribution in [0.3, 0.4) is 0 Å². The van der Waals surface area contributed by atoms with Crippen LogP contribution in [0.5, 0.6) is 0 Å². The molecule has 0 aliphatic carbocycles. The third-order valence-corrected chi connectivity index (χ3v) is 3.97. The first-order chi connectivity index (χ1) is 9.70. The molecule has 2 N–H and O–H groups in total. The second-order valence-corrected chi connectivity index (χ2v) is 5.70. The number of anilines is 2. The van der Waals surface area contributed by atoms with E-state index in [1.807, 2.05) is 24.3 Å². The largest absolute Gasteiger partial charge is 0.382 e. The minimum atomic E-state index is 0.396. The Kier molecular flexibility index (Phi) is 3.36. The van der Waals surface area contributed by atoms with Gasteiger partial charge in [-0.2, -0.15) is 5.26 Å². The molecule has 0 radical (unpaired) electrons. The summed E-state index contributed by atoms with van der Waals surface area (Å²) in [4.78, 5) is 2.13. The van der Waals surface area contributed by atoms with Gasteiger partial charge in [-0.1, -0.05) is 22.0 Å².